The number of alkyl halides is 1. The molecule has 0 aromatic heterocycles. The number of benzene rings is 1. The molecule has 0 aliphatic rings. The van der Waals surface area contributed by atoms with Gasteiger partial charge in [0.2, 0.25) is 0 Å². The number of rotatable bonds is 4. The molecule has 1 unspecified atom stereocenters. The summed E-state index contributed by atoms with van der Waals surface area (Å²) in [6.45, 7) is 0. The fourth-order valence-corrected chi connectivity index (χ4v) is 1.97. The van der Waals surface area contributed by atoms with E-state index in [-0.39, 0.29) is 6.42 Å². The molecule has 0 radical (unpaired) electrons. The van der Waals surface area contributed by atoms with Crippen LogP contribution in [0.25, 0.3) is 0 Å². The third kappa shape index (κ3) is 4.29. The summed E-state index contributed by atoms with van der Waals surface area (Å²) in [5, 5.41) is 9.14. The van der Waals surface area contributed by atoms with E-state index < -0.39 is 11.3 Å². The predicted molar refractivity (Wildman–Crippen MR) is 62.1 cm³/mol. The molecule has 0 saturated carbocycles. The van der Waals surface area contributed by atoms with E-state index in [1.165, 1.54) is 0 Å². The number of aliphatic carboxylic acids is 1. The molecule has 1 atom stereocenters. The van der Waals surface area contributed by atoms with E-state index in [0.717, 1.165) is 5.56 Å². The average Bonchev–Trinajstić information content (AvgIpc) is 2.08. The molecule has 1 aromatic carbocycles. The van der Waals surface area contributed by atoms with E-state index >= 15 is 0 Å². The van der Waals surface area contributed by atoms with Crippen LogP contribution in [0.1, 0.15) is 12.0 Å². The molecule has 1 rings (SSSR count). The number of carboxylic acids is 1. The minimum atomic E-state index is -0.917. The second-order valence-corrected chi connectivity index (χ2v) is 4.60. The smallest absolute Gasteiger partial charge is 0.304 e. The lowest BCUT2D eigenvalue weighted by molar-refractivity contribution is -0.137. The lowest BCUT2D eigenvalue weighted by Gasteiger charge is -2.08. The Bertz CT molecular complexity index is 366. The molecule has 82 valence electrons. The first-order valence-electron chi connectivity index (χ1n) is 4.29. The van der Waals surface area contributed by atoms with E-state index in [1.54, 1.807) is 18.2 Å². The Morgan fingerprint density at radius 1 is 1.40 bits per heavy atom. The highest BCUT2D eigenvalue weighted by Gasteiger charge is 2.12. The third-order valence-corrected chi connectivity index (χ3v) is 2.75. The maximum atomic E-state index is 10.4. The van der Waals surface area contributed by atoms with Crippen LogP contribution < -0.4 is 0 Å². The number of carbonyl (C=O) groups is 1. The molecule has 1 N–H and O–H groups in total. The molecule has 0 bridgehead atoms. The molecule has 15 heavy (non-hydrogen) atoms. The highest BCUT2D eigenvalue weighted by Crippen LogP contribution is 2.23. The van der Waals surface area contributed by atoms with E-state index in [2.05, 4.69) is 0 Å². The molecular weight excluding hydrogens is 258 g/mol. The summed E-state index contributed by atoms with van der Waals surface area (Å²) in [6.07, 6.45) is 0.338. The van der Waals surface area contributed by atoms with Gasteiger partial charge in [0.1, 0.15) is 0 Å². The maximum absolute atomic E-state index is 10.4. The van der Waals surface area contributed by atoms with Crippen LogP contribution in [0.2, 0.25) is 10.0 Å². The van der Waals surface area contributed by atoms with Gasteiger partial charge in [-0.1, -0.05) is 29.3 Å². The number of hydrogen-bond acceptors (Lipinski definition) is 1. The van der Waals surface area contributed by atoms with Crippen molar-refractivity contribution in [3.8, 4) is 0 Å². The van der Waals surface area contributed by atoms with Crippen molar-refractivity contribution in [1.82, 2.24) is 0 Å². The van der Waals surface area contributed by atoms with Gasteiger partial charge in [0.15, 0.2) is 0 Å². The predicted octanol–water partition coefficient (Wildman–Crippen LogP) is 3.62. The summed E-state index contributed by atoms with van der Waals surface area (Å²) in [4.78, 5) is 10.4. The first-order valence-corrected chi connectivity index (χ1v) is 5.48. The van der Waals surface area contributed by atoms with Gasteiger partial charge in [0.05, 0.1) is 6.42 Å². The summed E-state index contributed by atoms with van der Waals surface area (Å²) in [6, 6.07) is 5.07. The Morgan fingerprint density at radius 2 is 2.07 bits per heavy atom. The highest BCUT2D eigenvalue weighted by atomic mass is 35.5. The molecular formula is C10H9Cl3O2. The minimum Gasteiger partial charge on any atom is -0.481 e. The van der Waals surface area contributed by atoms with Gasteiger partial charge < -0.3 is 5.11 Å². The van der Waals surface area contributed by atoms with Crippen molar-refractivity contribution >= 4 is 40.8 Å². The zero-order chi connectivity index (χ0) is 11.4. The van der Waals surface area contributed by atoms with E-state index in [1.807, 2.05) is 0 Å². The van der Waals surface area contributed by atoms with Crippen LogP contribution in [-0.4, -0.2) is 16.5 Å². The van der Waals surface area contributed by atoms with Crippen LogP contribution in [0.3, 0.4) is 0 Å². The first-order chi connectivity index (χ1) is 6.99. The monoisotopic (exact) mass is 266 g/mol. The van der Waals surface area contributed by atoms with Crippen LogP contribution >= 0.6 is 34.8 Å². The second-order valence-electron chi connectivity index (χ2n) is 3.14. The van der Waals surface area contributed by atoms with Crippen molar-refractivity contribution in [2.24, 2.45) is 0 Å². The van der Waals surface area contributed by atoms with Gasteiger partial charge in [-0.3, -0.25) is 4.79 Å². The van der Waals surface area contributed by atoms with Crippen LogP contribution in [0.4, 0.5) is 0 Å². The van der Waals surface area contributed by atoms with Gasteiger partial charge in [0, 0.05) is 15.4 Å². The number of hydrogen-bond donors (Lipinski definition) is 1. The molecule has 5 heteroatoms. The Labute approximate surface area is 103 Å². The minimum absolute atomic E-state index is 0.0828. The van der Waals surface area contributed by atoms with E-state index in [9.17, 15) is 4.79 Å². The van der Waals surface area contributed by atoms with Crippen molar-refractivity contribution in [2.75, 3.05) is 0 Å². The van der Waals surface area contributed by atoms with Crippen LogP contribution in [0, 0.1) is 0 Å². The Balaban J connectivity index is 2.68. The molecule has 0 fully saturated rings. The molecule has 2 nitrogen and oxygen atoms in total. The SMILES string of the molecule is O=C(O)CC(Cl)Cc1ccc(Cl)cc1Cl. The summed E-state index contributed by atoms with van der Waals surface area (Å²) in [5.74, 6) is -0.917. The lowest BCUT2D eigenvalue weighted by Crippen LogP contribution is -2.10. The van der Waals surface area contributed by atoms with E-state index in [4.69, 9.17) is 39.9 Å². The molecule has 0 aliphatic carbocycles. The van der Waals surface area contributed by atoms with Crippen LogP contribution in [-0.2, 0) is 11.2 Å². The average molecular weight is 268 g/mol. The Morgan fingerprint density at radius 3 is 2.60 bits per heavy atom. The topological polar surface area (TPSA) is 37.3 Å². The summed E-state index contributed by atoms with van der Waals surface area (Å²) in [5.41, 5.74) is 0.808. The van der Waals surface area contributed by atoms with Crippen molar-refractivity contribution < 1.29 is 9.90 Å². The zero-order valence-electron chi connectivity index (χ0n) is 7.71. The van der Waals surface area contributed by atoms with Gasteiger partial charge in [-0.25, -0.2) is 0 Å². The molecule has 0 amide bonds. The summed E-state index contributed by atoms with van der Waals surface area (Å²) in [7, 11) is 0. The summed E-state index contributed by atoms with van der Waals surface area (Å²) < 4.78 is 0. The Hall–Kier alpha value is -0.440. The van der Waals surface area contributed by atoms with Gasteiger partial charge in [-0.05, 0) is 24.1 Å². The van der Waals surface area contributed by atoms with Gasteiger partial charge >= 0.3 is 5.97 Å². The molecule has 0 heterocycles. The number of carboxylic acid groups (broad SMARTS) is 1. The van der Waals surface area contributed by atoms with Crippen LogP contribution in [0.5, 0.6) is 0 Å². The fraction of sp³-hybridized carbons (Fsp3) is 0.300. The zero-order valence-corrected chi connectivity index (χ0v) is 9.98. The van der Waals surface area contributed by atoms with Crippen molar-refractivity contribution in [3.63, 3.8) is 0 Å². The van der Waals surface area contributed by atoms with Crippen molar-refractivity contribution in [3.05, 3.63) is 33.8 Å². The van der Waals surface area contributed by atoms with Crippen molar-refractivity contribution in [1.29, 1.82) is 0 Å². The molecule has 1 aromatic rings. The number of halogens is 3. The highest BCUT2D eigenvalue weighted by molar-refractivity contribution is 6.35. The molecule has 0 saturated heterocycles. The van der Waals surface area contributed by atoms with Crippen LogP contribution in [0.15, 0.2) is 18.2 Å². The quantitative estimate of drug-likeness (QED) is 0.846. The Kier molecular flexibility index (Phi) is 4.71. The van der Waals surface area contributed by atoms with Gasteiger partial charge in [0.25, 0.3) is 0 Å². The molecule has 0 aliphatic heterocycles. The van der Waals surface area contributed by atoms with Gasteiger partial charge in [-0.2, -0.15) is 0 Å². The fourth-order valence-electron chi connectivity index (χ4n) is 1.19. The third-order valence-electron chi connectivity index (χ3n) is 1.85. The molecule has 0 spiro atoms. The standard InChI is InChI=1S/C10H9Cl3O2/c11-7-2-1-6(9(13)4-7)3-8(12)5-10(14)15/h1-2,4,8H,3,5H2,(H,14,15). The van der Waals surface area contributed by atoms with Crippen molar-refractivity contribution in [2.45, 2.75) is 18.2 Å². The largest absolute Gasteiger partial charge is 0.481 e. The van der Waals surface area contributed by atoms with E-state index in [0.29, 0.717) is 16.5 Å². The lowest BCUT2D eigenvalue weighted by atomic mass is 10.1. The summed E-state index contributed by atoms with van der Waals surface area (Å²) >= 11 is 17.5. The maximum Gasteiger partial charge on any atom is 0.304 e. The first kappa shape index (κ1) is 12.6. The van der Waals surface area contributed by atoms with Gasteiger partial charge in [-0.15, -0.1) is 11.6 Å². The normalized spacial score (nSPS) is 12.5. The second kappa shape index (κ2) is 5.59.